The molecule has 3 aliphatic rings. The lowest BCUT2D eigenvalue weighted by Crippen LogP contribution is -2.38. The molecule has 14 rings (SSSR count). The van der Waals surface area contributed by atoms with Gasteiger partial charge in [-0.25, -0.2) is 0 Å². The van der Waals surface area contributed by atoms with Gasteiger partial charge in [0.1, 0.15) is 11.2 Å². The first kappa shape index (κ1) is 40.5. The summed E-state index contributed by atoms with van der Waals surface area (Å²) >= 11 is 1.90. The Balaban J connectivity index is 1.06. The zero-order valence-corrected chi connectivity index (χ0v) is 41.3. The number of aromatic nitrogens is 1. The molecule has 0 atom stereocenters. The van der Waals surface area contributed by atoms with Gasteiger partial charge in [0.25, 0.3) is 0 Å². The van der Waals surface area contributed by atoms with Crippen LogP contribution in [0.3, 0.4) is 0 Å². The smallest absolute Gasteiger partial charge is 0.197 e. The second kappa shape index (κ2) is 13.4. The van der Waals surface area contributed by atoms with Crippen LogP contribution in [-0.4, -0.2) is 11.8 Å². The molecule has 1 N–H and O–H groups in total. The van der Waals surface area contributed by atoms with E-state index >= 15 is 0 Å². The quantitative estimate of drug-likeness (QED) is 0.179. The maximum atomic E-state index is 6.95. The van der Waals surface area contributed by atoms with Crippen molar-refractivity contribution >= 4 is 105 Å². The van der Waals surface area contributed by atoms with E-state index < -0.39 is 0 Å². The van der Waals surface area contributed by atoms with Gasteiger partial charge < -0.3 is 14.3 Å². The third-order valence-corrected chi connectivity index (χ3v) is 17.8. The average Bonchev–Trinajstić information content (AvgIpc) is 4.02. The van der Waals surface area contributed by atoms with Crippen LogP contribution >= 0.6 is 11.3 Å². The van der Waals surface area contributed by atoms with Crippen molar-refractivity contribution in [1.82, 2.24) is 4.57 Å². The highest BCUT2D eigenvalue weighted by Crippen LogP contribution is 2.52. The van der Waals surface area contributed by atoms with Crippen LogP contribution in [0.1, 0.15) is 103 Å². The van der Waals surface area contributed by atoms with Crippen LogP contribution in [0.5, 0.6) is 0 Å². The summed E-state index contributed by atoms with van der Waals surface area (Å²) in [6.07, 6.45) is 2.32. The SMILES string of the molecule is CC(C)(C)c1ccc(Nc2cc3oc4cc5c(cc4c3cc2-c2ccc3c4cc6c(cc4n4c3c2[B]c2cc3c(cc2-4)-c2ccccc2C3(C)C)sc2ccccc26)C(C)(C)CCC5(C)C)cc1. The van der Waals surface area contributed by atoms with Gasteiger partial charge in [-0.05, 0) is 134 Å². The second-order valence-electron chi connectivity index (χ2n) is 23.1. The number of thiophene rings is 1. The van der Waals surface area contributed by atoms with Crippen LogP contribution in [0.15, 0.2) is 138 Å². The van der Waals surface area contributed by atoms with Gasteiger partial charge in [-0.15, -0.1) is 11.3 Å². The Morgan fingerprint density at radius 2 is 1.28 bits per heavy atom. The molecule has 2 aliphatic carbocycles. The fourth-order valence-corrected chi connectivity index (χ4v) is 13.7. The Kier molecular flexibility index (Phi) is 7.96. The van der Waals surface area contributed by atoms with Crippen LogP contribution in [0.25, 0.3) is 91.9 Å². The molecular formula is C63H54BN2OS. The molecule has 0 fully saturated rings. The van der Waals surface area contributed by atoms with Crippen molar-refractivity contribution in [3.63, 3.8) is 0 Å². The molecule has 1 aliphatic heterocycles. The van der Waals surface area contributed by atoms with E-state index in [1.165, 1.54) is 108 Å². The Bertz CT molecular complexity index is 4030. The number of benzene rings is 8. The number of nitrogens with zero attached hydrogens (tertiary/aromatic N) is 1. The largest absolute Gasteiger partial charge is 0.456 e. The molecule has 0 saturated carbocycles. The molecule has 3 aromatic heterocycles. The van der Waals surface area contributed by atoms with E-state index in [4.69, 9.17) is 4.42 Å². The van der Waals surface area contributed by atoms with E-state index in [1.807, 2.05) is 11.3 Å². The number of fused-ring (bicyclic) bond motifs is 15. The zero-order valence-electron chi connectivity index (χ0n) is 40.5. The molecule has 0 spiro atoms. The van der Waals surface area contributed by atoms with Crippen molar-refractivity contribution in [2.45, 2.75) is 96.8 Å². The van der Waals surface area contributed by atoms with Gasteiger partial charge in [0.05, 0.1) is 11.2 Å². The van der Waals surface area contributed by atoms with Crippen LogP contribution < -0.4 is 16.2 Å². The normalized spacial score (nSPS) is 16.4. The highest BCUT2D eigenvalue weighted by molar-refractivity contribution is 7.25. The fourth-order valence-electron chi connectivity index (χ4n) is 12.6. The molecular weight excluding hydrogens is 844 g/mol. The summed E-state index contributed by atoms with van der Waals surface area (Å²) in [6.45, 7) is 21.2. The van der Waals surface area contributed by atoms with Gasteiger partial charge in [-0.3, -0.25) is 0 Å². The zero-order chi connectivity index (χ0) is 46.4. The molecule has 5 heteroatoms. The van der Waals surface area contributed by atoms with Crippen molar-refractivity contribution in [2.24, 2.45) is 0 Å². The molecule has 1 radical (unpaired) electrons. The summed E-state index contributed by atoms with van der Waals surface area (Å²) in [7, 11) is 2.50. The summed E-state index contributed by atoms with van der Waals surface area (Å²) in [6, 6.07) is 51.2. The van der Waals surface area contributed by atoms with E-state index in [2.05, 4.69) is 213 Å². The molecule has 8 aromatic carbocycles. The van der Waals surface area contributed by atoms with Crippen LogP contribution in [0, 0.1) is 0 Å². The molecule has 0 unspecified atom stereocenters. The molecule has 3 nitrogen and oxygen atoms in total. The summed E-state index contributed by atoms with van der Waals surface area (Å²) < 4.78 is 12.2. The summed E-state index contributed by atoms with van der Waals surface area (Å²) in [5.41, 5.74) is 22.3. The first-order valence-electron chi connectivity index (χ1n) is 24.5. The molecule has 0 amide bonds. The van der Waals surface area contributed by atoms with E-state index in [1.54, 1.807) is 0 Å². The molecule has 4 heterocycles. The monoisotopic (exact) mass is 897 g/mol. The van der Waals surface area contributed by atoms with Crippen molar-refractivity contribution in [2.75, 3.05) is 5.32 Å². The lowest BCUT2D eigenvalue weighted by Gasteiger charge is -2.41. The Labute approximate surface area is 403 Å². The molecule has 11 aromatic rings. The van der Waals surface area contributed by atoms with Crippen molar-refractivity contribution in [3.8, 4) is 27.9 Å². The van der Waals surface area contributed by atoms with Gasteiger partial charge in [0.15, 0.2) is 7.28 Å². The molecule has 0 saturated heterocycles. The number of anilines is 2. The minimum atomic E-state index is -0.123. The summed E-state index contributed by atoms with van der Waals surface area (Å²) in [4.78, 5) is 0. The van der Waals surface area contributed by atoms with Crippen LogP contribution in [0.4, 0.5) is 11.4 Å². The number of hydrogen-bond donors (Lipinski definition) is 1. The minimum absolute atomic E-state index is 0.0577. The van der Waals surface area contributed by atoms with Crippen LogP contribution in [-0.2, 0) is 21.7 Å². The summed E-state index contributed by atoms with van der Waals surface area (Å²) in [5, 5.41) is 11.5. The Morgan fingerprint density at radius 3 is 2.07 bits per heavy atom. The number of rotatable bonds is 3. The van der Waals surface area contributed by atoms with E-state index in [0.29, 0.717) is 0 Å². The highest BCUT2D eigenvalue weighted by atomic mass is 32.1. The van der Waals surface area contributed by atoms with Gasteiger partial charge >= 0.3 is 0 Å². The Morgan fingerprint density at radius 1 is 0.559 bits per heavy atom. The fraction of sp³-hybridized carbons (Fsp3) is 0.238. The van der Waals surface area contributed by atoms with Gasteiger partial charge in [-0.1, -0.05) is 141 Å². The van der Waals surface area contributed by atoms with Gasteiger partial charge in [-0.2, -0.15) is 0 Å². The number of hydrogen-bond acceptors (Lipinski definition) is 3. The van der Waals surface area contributed by atoms with E-state index in [-0.39, 0.29) is 21.7 Å². The second-order valence-corrected chi connectivity index (χ2v) is 24.2. The first-order valence-corrected chi connectivity index (χ1v) is 25.3. The third kappa shape index (κ3) is 5.54. The first-order chi connectivity index (χ1) is 32.5. The predicted octanol–water partition coefficient (Wildman–Crippen LogP) is 16.4. The van der Waals surface area contributed by atoms with Crippen molar-refractivity contribution in [3.05, 3.63) is 161 Å². The standard InChI is InChI=1S/C63H54BN2OS/c1-60(2,3)34-18-20-35(21-19-34)65-51-32-55-43(44-28-48-49(31-54(44)67-55)62(6,7)25-24-61(48,4)5)26-41(51)38-22-23-39-42-27-45-37-15-11-13-17-56(37)68-57(45)33-52(42)66-53-29-40-36-14-10-12-16-46(36)63(8,9)47(40)30-50(53)64-58(38)59(39)66/h10-23,26-33,65H,24-25H2,1-9H3. The highest BCUT2D eigenvalue weighted by Gasteiger charge is 2.40. The number of nitrogens with one attached hydrogen (secondary N) is 1. The minimum Gasteiger partial charge on any atom is -0.456 e. The predicted molar refractivity (Wildman–Crippen MR) is 293 cm³/mol. The summed E-state index contributed by atoms with van der Waals surface area (Å²) in [5.74, 6) is 0. The third-order valence-electron chi connectivity index (χ3n) is 16.6. The van der Waals surface area contributed by atoms with E-state index in [0.717, 1.165) is 46.3 Å². The van der Waals surface area contributed by atoms with Crippen molar-refractivity contribution in [1.29, 1.82) is 0 Å². The lowest BCUT2D eigenvalue weighted by molar-refractivity contribution is 0.332. The topological polar surface area (TPSA) is 30.1 Å². The average molecular weight is 898 g/mol. The molecule has 331 valence electrons. The van der Waals surface area contributed by atoms with E-state index in [9.17, 15) is 0 Å². The van der Waals surface area contributed by atoms with Crippen LogP contribution in [0.2, 0.25) is 0 Å². The van der Waals surface area contributed by atoms with Crippen molar-refractivity contribution < 1.29 is 4.42 Å². The number of furan rings is 1. The van der Waals surface area contributed by atoms with Gasteiger partial charge in [0.2, 0.25) is 0 Å². The lowest BCUT2D eigenvalue weighted by atomic mass is 9.58. The Hall–Kier alpha value is -6.56. The maximum absolute atomic E-state index is 6.95. The molecule has 0 bridgehead atoms. The molecule has 68 heavy (non-hydrogen) atoms. The maximum Gasteiger partial charge on any atom is 0.197 e. The van der Waals surface area contributed by atoms with Gasteiger partial charge in [0, 0.05) is 75.7 Å².